The lowest BCUT2D eigenvalue weighted by molar-refractivity contribution is -0.122. The zero-order chi connectivity index (χ0) is 13.9. The van der Waals surface area contributed by atoms with Crippen LogP contribution >= 0.6 is 0 Å². The SMILES string of the molecule is CCCCCN=C(NCC)NCCNC(=O)C1CC1. The van der Waals surface area contributed by atoms with Gasteiger partial charge in [-0.25, -0.2) is 0 Å². The molecular weight excluding hydrogens is 240 g/mol. The van der Waals surface area contributed by atoms with Crippen LogP contribution in [0, 0.1) is 5.92 Å². The second kappa shape index (κ2) is 9.64. The summed E-state index contributed by atoms with van der Waals surface area (Å²) in [4.78, 5) is 15.9. The predicted octanol–water partition coefficient (Wildman–Crippen LogP) is 1.26. The molecule has 1 amide bonds. The summed E-state index contributed by atoms with van der Waals surface area (Å²) < 4.78 is 0. The summed E-state index contributed by atoms with van der Waals surface area (Å²) in [5.41, 5.74) is 0. The number of aliphatic imine (C=N–C) groups is 1. The Kier molecular flexibility index (Phi) is 8.02. The van der Waals surface area contributed by atoms with Gasteiger partial charge in [-0.3, -0.25) is 9.79 Å². The summed E-state index contributed by atoms with van der Waals surface area (Å²) in [6.45, 7) is 7.34. The molecule has 5 nitrogen and oxygen atoms in total. The highest BCUT2D eigenvalue weighted by Gasteiger charge is 2.28. The Morgan fingerprint density at radius 2 is 1.84 bits per heavy atom. The van der Waals surface area contributed by atoms with Crippen LogP contribution in [0.5, 0.6) is 0 Å². The Morgan fingerprint density at radius 1 is 1.11 bits per heavy atom. The van der Waals surface area contributed by atoms with Crippen LogP contribution in [0.3, 0.4) is 0 Å². The van der Waals surface area contributed by atoms with Crippen LogP contribution in [0.2, 0.25) is 0 Å². The van der Waals surface area contributed by atoms with E-state index in [0.29, 0.717) is 6.54 Å². The molecule has 0 unspecified atom stereocenters. The lowest BCUT2D eigenvalue weighted by Crippen LogP contribution is -2.41. The highest BCUT2D eigenvalue weighted by atomic mass is 16.2. The van der Waals surface area contributed by atoms with Gasteiger partial charge >= 0.3 is 0 Å². The first-order valence-electron chi connectivity index (χ1n) is 7.57. The fourth-order valence-corrected chi connectivity index (χ4v) is 1.75. The first-order valence-corrected chi connectivity index (χ1v) is 7.57. The molecule has 0 spiro atoms. The zero-order valence-corrected chi connectivity index (χ0v) is 12.3. The second-order valence-electron chi connectivity index (χ2n) is 4.96. The van der Waals surface area contributed by atoms with E-state index >= 15 is 0 Å². The smallest absolute Gasteiger partial charge is 0.223 e. The second-order valence-corrected chi connectivity index (χ2v) is 4.96. The van der Waals surface area contributed by atoms with E-state index in [9.17, 15) is 4.79 Å². The molecule has 0 radical (unpaired) electrons. The van der Waals surface area contributed by atoms with Gasteiger partial charge in [0, 0.05) is 32.1 Å². The molecule has 0 aromatic heterocycles. The van der Waals surface area contributed by atoms with E-state index in [1.54, 1.807) is 0 Å². The molecule has 1 aliphatic rings. The zero-order valence-electron chi connectivity index (χ0n) is 12.3. The summed E-state index contributed by atoms with van der Waals surface area (Å²) in [5, 5.41) is 9.38. The minimum absolute atomic E-state index is 0.201. The Hall–Kier alpha value is -1.26. The number of amides is 1. The molecule has 1 aliphatic carbocycles. The number of rotatable bonds is 9. The predicted molar refractivity (Wildman–Crippen MR) is 79.2 cm³/mol. The number of guanidine groups is 1. The molecule has 0 saturated heterocycles. The molecule has 0 aromatic carbocycles. The third kappa shape index (κ3) is 7.70. The van der Waals surface area contributed by atoms with Gasteiger partial charge in [0.05, 0.1) is 0 Å². The standard InChI is InChI=1S/C14H28N4O/c1-3-5-6-9-17-14(15-4-2)18-11-10-16-13(19)12-7-8-12/h12H,3-11H2,1-2H3,(H,16,19)(H2,15,17,18). The molecular formula is C14H28N4O. The lowest BCUT2D eigenvalue weighted by Gasteiger charge is -2.11. The Bertz CT molecular complexity index is 287. The molecule has 1 rings (SSSR count). The van der Waals surface area contributed by atoms with Gasteiger partial charge in [0.15, 0.2) is 5.96 Å². The van der Waals surface area contributed by atoms with E-state index in [0.717, 1.165) is 44.9 Å². The van der Waals surface area contributed by atoms with Gasteiger partial charge in [-0.05, 0) is 26.2 Å². The summed E-state index contributed by atoms with van der Waals surface area (Å²) in [6.07, 6.45) is 5.68. The van der Waals surface area contributed by atoms with Gasteiger partial charge in [0.2, 0.25) is 5.91 Å². The number of hydrogen-bond acceptors (Lipinski definition) is 2. The van der Waals surface area contributed by atoms with Crippen molar-refractivity contribution in [1.29, 1.82) is 0 Å². The normalized spacial score (nSPS) is 15.2. The quantitative estimate of drug-likeness (QED) is 0.335. The average Bonchev–Trinajstić information content (AvgIpc) is 3.23. The van der Waals surface area contributed by atoms with E-state index in [-0.39, 0.29) is 11.8 Å². The van der Waals surface area contributed by atoms with Gasteiger partial charge in [0.25, 0.3) is 0 Å². The van der Waals surface area contributed by atoms with Gasteiger partial charge < -0.3 is 16.0 Å². The minimum atomic E-state index is 0.201. The van der Waals surface area contributed by atoms with Crippen molar-refractivity contribution in [3.05, 3.63) is 0 Å². The molecule has 3 N–H and O–H groups in total. The molecule has 1 saturated carbocycles. The van der Waals surface area contributed by atoms with E-state index in [1.807, 2.05) is 0 Å². The minimum Gasteiger partial charge on any atom is -0.357 e. The van der Waals surface area contributed by atoms with Crippen LogP contribution in [-0.4, -0.2) is 38.0 Å². The van der Waals surface area contributed by atoms with E-state index in [2.05, 4.69) is 34.8 Å². The Labute approximate surface area is 116 Å². The molecule has 1 fully saturated rings. The monoisotopic (exact) mass is 268 g/mol. The maximum atomic E-state index is 11.4. The van der Waals surface area contributed by atoms with Gasteiger partial charge in [0.1, 0.15) is 0 Å². The summed E-state index contributed by atoms with van der Waals surface area (Å²) in [7, 11) is 0. The van der Waals surface area contributed by atoms with Gasteiger partial charge in [-0.2, -0.15) is 0 Å². The fraction of sp³-hybridized carbons (Fsp3) is 0.857. The van der Waals surface area contributed by atoms with Crippen LogP contribution in [0.4, 0.5) is 0 Å². The first kappa shape index (κ1) is 15.8. The Morgan fingerprint density at radius 3 is 2.47 bits per heavy atom. The fourth-order valence-electron chi connectivity index (χ4n) is 1.75. The topological polar surface area (TPSA) is 65.5 Å². The number of nitrogens with zero attached hydrogens (tertiary/aromatic N) is 1. The molecule has 19 heavy (non-hydrogen) atoms. The third-order valence-corrected chi connectivity index (χ3v) is 3.04. The molecule has 0 bridgehead atoms. The van der Waals surface area contributed by atoms with Gasteiger partial charge in [-0.15, -0.1) is 0 Å². The summed E-state index contributed by atoms with van der Waals surface area (Å²) in [6, 6.07) is 0. The molecule has 0 aliphatic heterocycles. The van der Waals surface area contributed by atoms with Crippen molar-refractivity contribution in [2.24, 2.45) is 10.9 Å². The van der Waals surface area contributed by atoms with Crippen molar-refractivity contribution in [2.45, 2.75) is 46.0 Å². The van der Waals surface area contributed by atoms with Crippen LogP contribution in [0.25, 0.3) is 0 Å². The van der Waals surface area contributed by atoms with Crippen molar-refractivity contribution in [2.75, 3.05) is 26.2 Å². The van der Waals surface area contributed by atoms with Crippen molar-refractivity contribution >= 4 is 11.9 Å². The maximum Gasteiger partial charge on any atom is 0.223 e. The molecule has 0 heterocycles. The number of nitrogens with one attached hydrogen (secondary N) is 3. The first-order chi connectivity index (χ1) is 9.27. The van der Waals surface area contributed by atoms with Crippen LogP contribution in [-0.2, 0) is 4.79 Å². The van der Waals surface area contributed by atoms with Crippen molar-refractivity contribution in [1.82, 2.24) is 16.0 Å². The molecule has 0 atom stereocenters. The number of hydrogen-bond donors (Lipinski definition) is 3. The number of carbonyl (C=O) groups excluding carboxylic acids is 1. The summed E-state index contributed by atoms with van der Waals surface area (Å²) >= 11 is 0. The van der Waals surface area contributed by atoms with Gasteiger partial charge in [-0.1, -0.05) is 19.8 Å². The Balaban J connectivity index is 2.11. The third-order valence-electron chi connectivity index (χ3n) is 3.04. The van der Waals surface area contributed by atoms with Crippen LogP contribution in [0.15, 0.2) is 4.99 Å². The number of unbranched alkanes of at least 4 members (excludes halogenated alkanes) is 2. The highest BCUT2D eigenvalue weighted by Crippen LogP contribution is 2.28. The number of carbonyl (C=O) groups is 1. The van der Waals surface area contributed by atoms with Crippen molar-refractivity contribution in [3.8, 4) is 0 Å². The molecule has 110 valence electrons. The molecule has 5 heteroatoms. The van der Waals surface area contributed by atoms with E-state index in [1.165, 1.54) is 12.8 Å². The lowest BCUT2D eigenvalue weighted by atomic mass is 10.2. The molecule has 0 aromatic rings. The maximum absolute atomic E-state index is 11.4. The van der Waals surface area contributed by atoms with Crippen LogP contribution in [0.1, 0.15) is 46.0 Å². The van der Waals surface area contributed by atoms with Crippen molar-refractivity contribution < 1.29 is 4.79 Å². The average molecular weight is 268 g/mol. The van der Waals surface area contributed by atoms with E-state index in [4.69, 9.17) is 0 Å². The van der Waals surface area contributed by atoms with E-state index < -0.39 is 0 Å². The van der Waals surface area contributed by atoms with Crippen LogP contribution < -0.4 is 16.0 Å². The largest absolute Gasteiger partial charge is 0.357 e. The highest BCUT2D eigenvalue weighted by molar-refractivity contribution is 5.81. The summed E-state index contributed by atoms with van der Waals surface area (Å²) in [5.74, 6) is 1.34. The van der Waals surface area contributed by atoms with Crippen molar-refractivity contribution in [3.63, 3.8) is 0 Å².